The quantitative estimate of drug-likeness (QED) is 0.435. The molecule has 0 unspecified atom stereocenters. The minimum absolute atomic E-state index is 0.912. The molecule has 2 aromatic heterocycles. The minimum atomic E-state index is 0.912. The van der Waals surface area contributed by atoms with Gasteiger partial charge in [-0.05, 0) is 35.9 Å². The number of aromatic nitrogens is 2. The molecule has 2 heterocycles. The summed E-state index contributed by atoms with van der Waals surface area (Å²) in [7, 11) is 0. The molecule has 3 aromatic carbocycles. The summed E-state index contributed by atoms with van der Waals surface area (Å²) >= 11 is 0. The van der Waals surface area contributed by atoms with Crippen LogP contribution in [0.2, 0.25) is 0 Å². The highest BCUT2D eigenvalue weighted by molar-refractivity contribution is 6.06. The fourth-order valence-electron chi connectivity index (χ4n) is 3.10. The second-order valence-corrected chi connectivity index (χ2v) is 5.82. The van der Waals surface area contributed by atoms with Gasteiger partial charge < -0.3 is 4.42 Å². The molecule has 5 rings (SSSR count). The van der Waals surface area contributed by atoms with Gasteiger partial charge >= 0.3 is 0 Å². The monoisotopic (exact) mass is 310 g/mol. The fourth-order valence-corrected chi connectivity index (χ4v) is 3.10. The zero-order valence-corrected chi connectivity index (χ0v) is 12.9. The number of hydrogen-bond donors (Lipinski definition) is 0. The Hall–Kier alpha value is -3.33. The van der Waals surface area contributed by atoms with Crippen LogP contribution in [0.25, 0.3) is 38.8 Å². The van der Waals surface area contributed by atoms with Crippen molar-refractivity contribution in [2.24, 2.45) is 0 Å². The highest BCUT2D eigenvalue weighted by atomic mass is 16.3. The van der Waals surface area contributed by atoms with Gasteiger partial charge in [-0.2, -0.15) is 5.10 Å². The molecule has 3 heteroatoms. The lowest BCUT2D eigenvalue weighted by molar-refractivity contribution is 0.669. The summed E-state index contributed by atoms with van der Waals surface area (Å²) < 4.78 is 7.79. The molecule has 0 saturated heterocycles. The summed E-state index contributed by atoms with van der Waals surface area (Å²) in [4.78, 5) is 0. The predicted molar refractivity (Wildman–Crippen MR) is 96.3 cm³/mol. The van der Waals surface area contributed by atoms with Crippen LogP contribution >= 0.6 is 0 Å². The lowest BCUT2D eigenvalue weighted by atomic mass is 10.1. The molecule has 0 N–H and O–H groups in total. The highest BCUT2D eigenvalue weighted by Crippen LogP contribution is 2.32. The average Bonchev–Trinajstić information content (AvgIpc) is 3.27. The van der Waals surface area contributed by atoms with E-state index in [0.29, 0.717) is 0 Å². The molecule has 5 aromatic rings. The standard InChI is InChI=1S/C21H14N2O/c1-2-6-17(7-3-1)23-14-16(13-22-23)15-10-11-21-19(12-15)18-8-4-5-9-20(18)24-21/h1-14H. The van der Waals surface area contributed by atoms with Crippen LogP contribution in [0, 0.1) is 0 Å². The smallest absolute Gasteiger partial charge is 0.135 e. The van der Waals surface area contributed by atoms with E-state index < -0.39 is 0 Å². The van der Waals surface area contributed by atoms with Gasteiger partial charge in [-0.25, -0.2) is 4.68 Å². The molecule has 0 atom stereocenters. The lowest BCUT2D eigenvalue weighted by Gasteiger charge is -2.00. The van der Waals surface area contributed by atoms with Crippen molar-refractivity contribution in [3.05, 3.63) is 85.2 Å². The first kappa shape index (κ1) is 13.1. The Morgan fingerprint density at radius 3 is 2.42 bits per heavy atom. The van der Waals surface area contributed by atoms with Crippen molar-refractivity contribution in [1.82, 2.24) is 9.78 Å². The minimum Gasteiger partial charge on any atom is -0.456 e. The van der Waals surface area contributed by atoms with E-state index in [0.717, 1.165) is 38.8 Å². The van der Waals surface area contributed by atoms with Gasteiger partial charge in [-0.15, -0.1) is 0 Å². The van der Waals surface area contributed by atoms with Crippen molar-refractivity contribution in [3.63, 3.8) is 0 Å². The molecular formula is C21H14N2O. The molecule has 0 aliphatic heterocycles. The van der Waals surface area contributed by atoms with Crippen LogP contribution in [0.15, 0.2) is 89.6 Å². The number of hydrogen-bond acceptors (Lipinski definition) is 2. The van der Waals surface area contributed by atoms with Crippen molar-refractivity contribution in [1.29, 1.82) is 0 Å². The summed E-state index contributed by atoms with van der Waals surface area (Å²) in [6.07, 6.45) is 3.95. The number of para-hydroxylation sites is 2. The molecule has 0 aliphatic rings. The summed E-state index contributed by atoms with van der Waals surface area (Å²) in [5, 5.41) is 6.76. The summed E-state index contributed by atoms with van der Waals surface area (Å²) in [5.74, 6) is 0. The van der Waals surface area contributed by atoms with E-state index in [1.54, 1.807) is 0 Å². The van der Waals surface area contributed by atoms with Crippen LogP contribution in [0.3, 0.4) is 0 Å². The molecule has 0 amide bonds. The van der Waals surface area contributed by atoms with Gasteiger partial charge in [-0.3, -0.25) is 0 Å². The van der Waals surface area contributed by atoms with Crippen LogP contribution in [0.1, 0.15) is 0 Å². The maximum Gasteiger partial charge on any atom is 0.135 e. The molecule has 0 radical (unpaired) electrons. The highest BCUT2D eigenvalue weighted by Gasteiger charge is 2.09. The van der Waals surface area contributed by atoms with E-state index in [9.17, 15) is 0 Å². The molecular weight excluding hydrogens is 296 g/mol. The summed E-state index contributed by atoms with van der Waals surface area (Å²) in [6.45, 7) is 0. The maximum absolute atomic E-state index is 5.90. The first-order chi connectivity index (χ1) is 11.9. The SMILES string of the molecule is c1ccc(-n2cc(-c3ccc4oc5ccccc5c4c3)cn2)cc1. The molecule has 0 spiro atoms. The number of fused-ring (bicyclic) bond motifs is 3. The van der Waals surface area contributed by atoms with Crippen LogP contribution in [0.5, 0.6) is 0 Å². The van der Waals surface area contributed by atoms with Crippen LogP contribution in [-0.4, -0.2) is 9.78 Å². The van der Waals surface area contributed by atoms with Gasteiger partial charge in [0.25, 0.3) is 0 Å². The molecule has 0 saturated carbocycles. The van der Waals surface area contributed by atoms with Gasteiger partial charge in [0, 0.05) is 22.5 Å². The van der Waals surface area contributed by atoms with E-state index >= 15 is 0 Å². The van der Waals surface area contributed by atoms with E-state index in [1.807, 2.05) is 65.5 Å². The Balaban J connectivity index is 1.64. The average molecular weight is 310 g/mol. The Labute approximate surface area is 138 Å². The van der Waals surface area contributed by atoms with E-state index in [1.165, 1.54) is 0 Å². The van der Waals surface area contributed by atoms with E-state index in [2.05, 4.69) is 29.5 Å². The molecule has 24 heavy (non-hydrogen) atoms. The molecule has 3 nitrogen and oxygen atoms in total. The first-order valence-corrected chi connectivity index (χ1v) is 7.90. The van der Waals surface area contributed by atoms with Crippen molar-refractivity contribution in [3.8, 4) is 16.8 Å². The van der Waals surface area contributed by atoms with Crippen LogP contribution in [-0.2, 0) is 0 Å². The van der Waals surface area contributed by atoms with Gasteiger partial charge in [-0.1, -0.05) is 42.5 Å². The van der Waals surface area contributed by atoms with Crippen LogP contribution in [0.4, 0.5) is 0 Å². The first-order valence-electron chi connectivity index (χ1n) is 7.90. The molecule has 114 valence electrons. The third-order valence-electron chi connectivity index (χ3n) is 4.31. The number of nitrogens with zero attached hydrogens (tertiary/aromatic N) is 2. The molecule has 0 fully saturated rings. The second kappa shape index (κ2) is 5.10. The van der Waals surface area contributed by atoms with E-state index in [-0.39, 0.29) is 0 Å². The Morgan fingerprint density at radius 1 is 0.708 bits per heavy atom. The predicted octanol–water partition coefficient (Wildman–Crippen LogP) is 5.44. The number of benzene rings is 3. The third-order valence-corrected chi connectivity index (χ3v) is 4.31. The largest absolute Gasteiger partial charge is 0.456 e. The topological polar surface area (TPSA) is 31.0 Å². The second-order valence-electron chi connectivity index (χ2n) is 5.82. The molecule has 0 aliphatic carbocycles. The molecule has 0 bridgehead atoms. The van der Waals surface area contributed by atoms with Gasteiger partial charge in [0.15, 0.2) is 0 Å². The van der Waals surface area contributed by atoms with Crippen molar-refractivity contribution < 1.29 is 4.42 Å². The van der Waals surface area contributed by atoms with Gasteiger partial charge in [0.05, 0.1) is 11.9 Å². The van der Waals surface area contributed by atoms with Crippen LogP contribution < -0.4 is 0 Å². The zero-order valence-electron chi connectivity index (χ0n) is 12.9. The van der Waals surface area contributed by atoms with Gasteiger partial charge in [0.2, 0.25) is 0 Å². The Morgan fingerprint density at radius 2 is 1.50 bits per heavy atom. The summed E-state index contributed by atoms with van der Waals surface area (Å²) in [6, 6.07) is 24.5. The number of rotatable bonds is 2. The lowest BCUT2D eigenvalue weighted by Crippen LogP contribution is -1.92. The van der Waals surface area contributed by atoms with Gasteiger partial charge in [0.1, 0.15) is 11.2 Å². The Bertz CT molecular complexity index is 1150. The van der Waals surface area contributed by atoms with Crippen molar-refractivity contribution >= 4 is 21.9 Å². The van der Waals surface area contributed by atoms with Crippen molar-refractivity contribution in [2.45, 2.75) is 0 Å². The summed E-state index contributed by atoms with van der Waals surface area (Å²) in [5.41, 5.74) is 5.11. The number of furan rings is 1. The normalized spacial score (nSPS) is 11.3. The van der Waals surface area contributed by atoms with Crippen molar-refractivity contribution in [2.75, 3.05) is 0 Å². The third kappa shape index (κ3) is 2.02. The zero-order chi connectivity index (χ0) is 15.9. The fraction of sp³-hybridized carbons (Fsp3) is 0. The maximum atomic E-state index is 5.90. The van der Waals surface area contributed by atoms with E-state index in [4.69, 9.17) is 4.42 Å². The Kier molecular flexibility index (Phi) is 2.79.